The lowest BCUT2D eigenvalue weighted by molar-refractivity contribution is 0.168. The number of halogens is 1. The van der Waals surface area contributed by atoms with Gasteiger partial charge in [0.25, 0.3) is 0 Å². The predicted molar refractivity (Wildman–Crippen MR) is 81.3 cm³/mol. The van der Waals surface area contributed by atoms with E-state index in [4.69, 9.17) is 11.6 Å². The summed E-state index contributed by atoms with van der Waals surface area (Å²) in [5.41, 5.74) is 4.53. The van der Waals surface area contributed by atoms with E-state index < -0.39 is 0 Å². The minimum Gasteiger partial charge on any atom is -0.392 e. The third-order valence-corrected chi connectivity index (χ3v) is 4.38. The van der Waals surface area contributed by atoms with Gasteiger partial charge in [0.1, 0.15) is 0 Å². The highest BCUT2D eigenvalue weighted by Crippen LogP contribution is 2.39. The molecule has 1 aliphatic carbocycles. The quantitative estimate of drug-likeness (QED) is 0.699. The third-order valence-electron chi connectivity index (χ3n) is 4.14. The minimum atomic E-state index is -0.365. The number of H-pyrrole nitrogens is 1. The van der Waals surface area contributed by atoms with Crippen molar-refractivity contribution in [1.29, 1.82) is 0 Å². The number of hydrogen-bond donors (Lipinski definition) is 2. The van der Waals surface area contributed by atoms with Crippen LogP contribution >= 0.6 is 11.6 Å². The molecule has 0 bridgehead atoms. The average molecular weight is 284 g/mol. The van der Waals surface area contributed by atoms with Crippen molar-refractivity contribution in [3.63, 3.8) is 0 Å². The van der Waals surface area contributed by atoms with Gasteiger partial charge in [-0.05, 0) is 41.1 Å². The Morgan fingerprint density at radius 3 is 2.85 bits per heavy atom. The van der Waals surface area contributed by atoms with Crippen LogP contribution in [0.1, 0.15) is 22.7 Å². The minimum absolute atomic E-state index is 0.0253. The Morgan fingerprint density at radius 1 is 1.10 bits per heavy atom. The highest BCUT2D eigenvalue weighted by molar-refractivity contribution is 6.31. The molecule has 4 rings (SSSR count). The van der Waals surface area contributed by atoms with E-state index in [1.807, 2.05) is 30.3 Å². The molecule has 2 nitrogen and oxygen atoms in total. The van der Waals surface area contributed by atoms with Crippen LogP contribution in [0.3, 0.4) is 0 Å². The molecular formula is C17H14ClNO. The van der Waals surface area contributed by atoms with Crippen molar-refractivity contribution < 1.29 is 5.11 Å². The van der Waals surface area contributed by atoms with Crippen LogP contribution in [-0.2, 0) is 6.42 Å². The lowest BCUT2D eigenvalue weighted by Crippen LogP contribution is -2.14. The van der Waals surface area contributed by atoms with Gasteiger partial charge in [-0.3, -0.25) is 0 Å². The van der Waals surface area contributed by atoms with Crippen molar-refractivity contribution in [3.05, 3.63) is 70.4 Å². The Hall–Kier alpha value is -1.77. The zero-order valence-corrected chi connectivity index (χ0v) is 11.6. The van der Waals surface area contributed by atoms with Gasteiger partial charge in [0.2, 0.25) is 0 Å². The molecule has 0 saturated carbocycles. The fraction of sp³-hybridized carbons (Fsp3) is 0.176. The maximum atomic E-state index is 10.4. The van der Waals surface area contributed by atoms with E-state index in [-0.39, 0.29) is 12.0 Å². The molecule has 2 aromatic carbocycles. The number of aliphatic hydroxyl groups is 1. The second-order valence-electron chi connectivity index (χ2n) is 5.40. The SMILES string of the molecule is OC1Cc2ccccc2C1c1cc2ccc(Cl)cc2[nH]1. The lowest BCUT2D eigenvalue weighted by atomic mass is 9.96. The fourth-order valence-electron chi connectivity index (χ4n) is 3.24. The van der Waals surface area contributed by atoms with Gasteiger partial charge in [-0.15, -0.1) is 0 Å². The molecule has 100 valence electrons. The summed E-state index contributed by atoms with van der Waals surface area (Å²) in [6, 6.07) is 16.2. The van der Waals surface area contributed by atoms with E-state index in [1.54, 1.807) is 0 Å². The molecule has 0 fully saturated rings. The number of aromatic nitrogens is 1. The first-order chi connectivity index (χ1) is 9.72. The van der Waals surface area contributed by atoms with Crippen LogP contribution in [-0.4, -0.2) is 16.2 Å². The molecule has 1 heterocycles. The van der Waals surface area contributed by atoms with E-state index in [2.05, 4.69) is 23.2 Å². The van der Waals surface area contributed by atoms with Gasteiger partial charge in [-0.2, -0.15) is 0 Å². The number of hydrogen-bond acceptors (Lipinski definition) is 1. The summed E-state index contributed by atoms with van der Waals surface area (Å²) < 4.78 is 0. The van der Waals surface area contributed by atoms with Gasteiger partial charge in [0.15, 0.2) is 0 Å². The normalized spacial score (nSPS) is 21.3. The monoisotopic (exact) mass is 283 g/mol. The van der Waals surface area contributed by atoms with Gasteiger partial charge < -0.3 is 10.1 Å². The number of aromatic amines is 1. The Labute approximate surface area is 122 Å². The summed E-state index contributed by atoms with van der Waals surface area (Å²) in [5.74, 6) is 0.0253. The molecule has 2 unspecified atom stereocenters. The summed E-state index contributed by atoms with van der Waals surface area (Å²) in [6.45, 7) is 0. The van der Waals surface area contributed by atoms with Crippen molar-refractivity contribution in [2.24, 2.45) is 0 Å². The number of fused-ring (bicyclic) bond motifs is 2. The first-order valence-electron chi connectivity index (χ1n) is 6.76. The van der Waals surface area contributed by atoms with E-state index in [9.17, 15) is 5.11 Å². The number of benzene rings is 2. The van der Waals surface area contributed by atoms with Crippen LogP contribution < -0.4 is 0 Å². The van der Waals surface area contributed by atoms with Crippen LogP contribution in [0.4, 0.5) is 0 Å². The van der Waals surface area contributed by atoms with Crippen LogP contribution in [0.5, 0.6) is 0 Å². The summed E-state index contributed by atoms with van der Waals surface area (Å²) in [6.07, 6.45) is 0.354. The third kappa shape index (κ3) is 1.76. The zero-order valence-electron chi connectivity index (χ0n) is 10.8. The van der Waals surface area contributed by atoms with Gasteiger partial charge in [-0.25, -0.2) is 0 Å². The maximum Gasteiger partial charge on any atom is 0.0704 e. The van der Waals surface area contributed by atoms with E-state index in [0.717, 1.165) is 28.0 Å². The maximum absolute atomic E-state index is 10.4. The molecule has 0 saturated heterocycles. The topological polar surface area (TPSA) is 36.0 Å². The molecule has 20 heavy (non-hydrogen) atoms. The van der Waals surface area contributed by atoms with Gasteiger partial charge in [0.05, 0.1) is 12.0 Å². The van der Waals surface area contributed by atoms with E-state index in [1.165, 1.54) is 11.1 Å². The van der Waals surface area contributed by atoms with Crippen molar-refractivity contribution in [2.45, 2.75) is 18.4 Å². The number of aliphatic hydroxyl groups excluding tert-OH is 1. The number of nitrogens with one attached hydrogen (secondary N) is 1. The molecule has 2 atom stereocenters. The Kier molecular flexibility index (Phi) is 2.62. The first kappa shape index (κ1) is 12.0. The highest BCUT2D eigenvalue weighted by atomic mass is 35.5. The molecule has 0 radical (unpaired) electrons. The van der Waals surface area contributed by atoms with Crippen molar-refractivity contribution in [3.8, 4) is 0 Å². The molecular weight excluding hydrogens is 270 g/mol. The van der Waals surface area contributed by atoms with Crippen molar-refractivity contribution >= 4 is 22.5 Å². The molecule has 2 N–H and O–H groups in total. The second-order valence-corrected chi connectivity index (χ2v) is 5.84. The van der Waals surface area contributed by atoms with Crippen LogP contribution in [0.15, 0.2) is 48.5 Å². The molecule has 1 aromatic heterocycles. The van der Waals surface area contributed by atoms with Crippen molar-refractivity contribution in [1.82, 2.24) is 4.98 Å². The number of rotatable bonds is 1. The van der Waals surface area contributed by atoms with Crippen molar-refractivity contribution in [2.75, 3.05) is 0 Å². The Balaban J connectivity index is 1.86. The summed E-state index contributed by atoms with van der Waals surface area (Å²) in [7, 11) is 0. The molecule has 3 aromatic rings. The zero-order chi connectivity index (χ0) is 13.7. The lowest BCUT2D eigenvalue weighted by Gasteiger charge is -2.14. The van der Waals surface area contributed by atoms with E-state index in [0.29, 0.717) is 0 Å². The molecule has 1 aliphatic rings. The molecule has 3 heteroatoms. The highest BCUT2D eigenvalue weighted by Gasteiger charge is 2.32. The standard InChI is InChI=1S/C17H14ClNO/c18-12-6-5-11-7-15(19-14(11)9-12)17-13-4-2-1-3-10(13)8-16(17)20/h1-7,9,16-17,19-20H,8H2. The molecule has 0 spiro atoms. The van der Waals surface area contributed by atoms with Crippen LogP contribution in [0.25, 0.3) is 10.9 Å². The van der Waals surface area contributed by atoms with Crippen LogP contribution in [0, 0.1) is 0 Å². The summed E-state index contributed by atoms with van der Waals surface area (Å²) in [4.78, 5) is 3.41. The summed E-state index contributed by atoms with van der Waals surface area (Å²) in [5, 5.41) is 12.2. The average Bonchev–Trinajstić information content (AvgIpc) is 2.97. The fourth-order valence-corrected chi connectivity index (χ4v) is 3.41. The largest absolute Gasteiger partial charge is 0.392 e. The first-order valence-corrected chi connectivity index (χ1v) is 7.14. The Bertz CT molecular complexity index is 793. The van der Waals surface area contributed by atoms with E-state index >= 15 is 0 Å². The predicted octanol–water partition coefficient (Wildman–Crippen LogP) is 3.87. The molecule has 0 aliphatic heterocycles. The smallest absolute Gasteiger partial charge is 0.0704 e. The van der Waals surface area contributed by atoms with Crippen LogP contribution in [0.2, 0.25) is 5.02 Å². The van der Waals surface area contributed by atoms with Gasteiger partial charge in [-0.1, -0.05) is 41.9 Å². The van der Waals surface area contributed by atoms with Gasteiger partial charge >= 0.3 is 0 Å². The second kappa shape index (κ2) is 4.37. The molecule has 0 amide bonds. The van der Waals surface area contributed by atoms with Gasteiger partial charge in [0, 0.05) is 16.2 Å². The Morgan fingerprint density at radius 2 is 1.95 bits per heavy atom. The summed E-state index contributed by atoms with van der Waals surface area (Å²) >= 11 is 6.03.